The van der Waals surface area contributed by atoms with E-state index in [0.717, 1.165) is 79.0 Å². The summed E-state index contributed by atoms with van der Waals surface area (Å²) >= 11 is 0. The molecular weight excluding hydrogens is 779 g/mol. The van der Waals surface area contributed by atoms with Gasteiger partial charge in [-0.05, 0) is 104 Å². The van der Waals surface area contributed by atoms with Gasteiger partial charge < -0.3 is 14.4 Å². The van der Waals surface area contributed by atoms with Crippen LogP contribution < -0.4 is 14.4 Å². The molecule has 0 saturated heterocycles. The summed E-state index contributed by atoms with van der Waals surface area (Å²) in [6.45, 7) is 0. The monoisotopic (exact) mass is 819 g/mol. The summed E-state index contributed by atoms with van der Waals surface area (Å²) in [5.74, 6) is 3.30. The number of anilines is 3. The molecule has 10 aromatic rings. The first-order valence-electron chi connectivity index (χ1n) is 21.8. The molecule has 10 aromatic carbocycles. The number of benzene rings is 10. The van der Waals surface area contributed by atoms with Gasteiger partial charge in [0, 0.05) is 16.8 Å². The number of hydrogen-bond acceptors (Lipinski definition) is 3. The predicted molar refractivity (Wildman–Crippen MR) is 261 cm³/mol. The van der Waals surface area contributed by atoms with Gasteiger partial charge in [-0.25, -0.2) is 0 Å². The Hall–Kier alpha value is -8.40. The van der Waals surface area contributed by atoms with Crippen LogP contribution in [0.5, 0.6) is 23.0 Å². The van der Waals surface area contributed by atoms with Gasteiger partial charge in [-0.3, -0.25) is 0 Å². The van der Waals surface area contributed by atoms with Gasteiger partial charge in [-0.2, -0.15) is 0 Å². The first-order chi connectivity index (χ1) is 31.7. The Bertz CT molecular complexity index is 3150. The van der Waals surface area contributed by atoms with Crippen LogP contribution in [-0.4, -0.2) is 0 Å². The Morgan fingerprint density at radius 1 is 0.281 bits per heavy atom. The fourth-order valence-corrected chi connectivity index (χ4v) is 9.96. The minimum Gasteiger partial charge on any atom is -0.457 e. The molecule has 3 nitrogen and oxygen atoms in total. The van der Waals surface area contributed by atoms with Crippen molar-refractivity contribution in [3.63, 3.8) is 0 Å². The SMILES string of the molecule is c1ccc(-c2ccccc2-c2ccc3c(c2)Oc2cc(-c4ccccc4-c4ccccc4)ccc2N3c2ccc(C3(c4ccccc4)c4ccccc4Oc4ccccc43)cc2)cc1. The lowest BCUT2D eigenvalue weighted by atomic mass is 9.63. The molecule has 0 unspecified atom stereocenters. The number of fused-ring (bicyclic) bond motifs is 4. The van der Waals surface area contributed by atoms with Gasteiger partial charge in [0.05, 0.1) is 16.8 Å². The molecule has 0 radical (unpaired) electrons. The van der Waals surface area contributed by atoms with Gasteiger partial charge in [0.1, 0.15) is 11.5 Å². The summed E-state index contributed by atoms with van der Waals surface area (Å²) in [6, 6.07) is 88.5. The summed E-state index contributed by atoms with van der Waals surface area (Å²) in [5, 5.41) is 0. The van der Waals surface area contributed by atoms with Crippen LogP contribution in [0, 0.1) is 0 Å². The van der Waals surface area contributed by atoms with Crippen LogP contribution in [0.25, 0.3) is 44.5 Å². The molecule has 302 valence electrons. The maximum atomic E-state index is 7.06. The molecule has 2 aliphatic heterocycles. The zero-order valence-corrected chi connectivity index (χ0v) is 34.9. The van der Waals surface area contributed by atoms with Crippen molar-refractivity contribution in [2.24, 2.45) is 0 Å². The van der Waals surface area contributed by atoms with Crippen LogP contribution in [0.3, 0.4) is 0 Å². The van der Waals surface area contributed by atoms with E-state index < -0.39 is 5.41 Å². The van der Waals surface area contributed by atoms with E-state index in [2.05, 4.69) is 254 Å². The molecule has 0 atom stereocenters. The van der Waals surface area contributed by atoms with Crippen LogP contribution in [0.4, 0.5) is 17.1 Å². The first-order valence-corrected chi connectivity index (χ1v) is 21.8. The summed E-state index contributed by atoms with van der Waals surface area (Å²) in [5.41, 5.74) is 16.1. The van der Waals surface area contributed by atoms with Crippen LogP contribution in [0.1, 0.15) is 22.3 Å². The fourth-order valence-electron chi connectivity index (χ4n) is 9.96. The van der Waals surface area contributed by atoms with E-state index in [1.165, 1.54) is 27.8 Å². The highest BCUT2D eigenvalue weighted by molar-refractivity contribution is 5.93. The molecule has 2 heterocycles. The van der Waals surface area contributed by atoms with Crippen molar-refractivity contribution < 1.29 is 9.47 Å². The molecule has 0 spiro atoms. The van der Waals surface area contributed by atoms with Gasteiger partial charge in [0.2, 0.25) is 0 Å². The van der Waals surface area contributed by atoms with Crippen LogP contribution in [0.15, 0.2) is 249 Å². The van der Waals surface area contributed by atoms with Crippen LogP contribution >= 0.6 is 0 Å². The van der Waals surface area contributed by atoms with Crippen molar-refractivity contribution in [1.82, 2.24) is 0 Å². The van der Waals surface area contributed by atoms with Crippen molar-refractivity contribution in [2.45, 2.75) is 5.41 Å². The molecule has 0 aromatic heterocycles. The Morgan fingerprint density at radius 2 is 0.656 bits per heavy atom. The first kappa shape index (κ1) is 37.4. The number of hydrogen-bond donors (Lipinski definition) is 0. The quantitative estimate of drug-likeness (QED) is 0.160. The second-order valence-corrected chi connectivity index (χ2v) is 16.4. The van der Waals surface area contributed by atoms with E-state index in [-0.39, 0.29) is 0 Å². The smallest absolute Gasteiger partial charge is 0.152 e. The Morgan fingerprint density at radius 3 is 1.14 bits per heavy atom. The Balaban J connectivity index is 1.03. The second kappa shape index (κ2) is 15.5. The number of ether oxygens (including phenoxy) is 2. The summed E-state index contributed by atoms with van der Waals surface area (Å²) in [6.07, 6.45) is 0. The summed E-state index contributed by atoms with van der Waals surface area (Å²) in [4.78, 5) is 2.35. The zero-order chi connectivity index (χ0) is 42.5. The third-order valence-corrected chi connectivity index (χ3v) is 12.8. The van der Waals surface area contributed by atoms with Crippen molar-refractivity contribution in [3.05, 3.63) is 271 Å². The third kappa shape index (κ3) is 6.13. The predicted octanol–water partition coefficient (Wildman–Crippen LogP) is 16.4. The Kier molecular flexibility index (Phi) is 9.05. The van der Waals surface area contributed by atoms with Crippen LogP contribution in [-0.2, 0) is 5.41 Å². The maximum Gasteiger partial charge on any atom is 0.152 e. The van der Waals surface area contributed by atoms with E-state index in [0.29, 0.717) is 0 Å². The number of rotatable bonds is 7. The lowest BCUT2D eigenvalue weighted by molar-refractivity contribution is 0.434. The average Bonchev–Trinajstić information content (AvgIpc) is 3.38. The van der Waals surface area contributed by atoms with E-state index in [4.69, 9.17) is 9.47 Å². The van der Waals surface area contributed by atoms with Gasteiger partial charge in [-0.15, -0.1) is 0 Å². The number of para-hydroxylation sites is 2. The lowest BCUT2D eigenvalue weighted by Gasteiger charge is -2.41. The maximum absolute atomic E-state index is 7.06. The average molecular weight is 820 g/mol. The molecule has 0 fully saturated rings. The lowest BCUT2D eigenvalue weighted by Crippen LogP contribution is -2.34. The minimum atomic E-state index is -0.617. The molecular formula is C61H41NO2. The molecule has 0 N–H and O–H groups in total. The molecule has 12 rings (SSSR count). The second-order valence-electron chi connectivity index (χ2n) is 16.4. The van der Waals surface area contributed by atoms with Crippen molar-refractivity contribution in [2.75, 3.05) is 4.90 Å². The summed E-state index contributed by atoms with van der Waals surface area (Å²) in [7, 11) is 0. The highest BCUT2D eigenvalue weighted by Gasteiger charge is 2.45. The van der Waals surface area contributed by atoms with E-state index in [1.807, 2.05) is 0 Å². The summed E-state index contributed by atoms with van der Waals surface area (Å²) < 4.78 is 13.7. The van der Waals surface area contributed by atoms with Gasteiger partial charge in [-0.1, -0.05) is 200 Å². The molecule has 0 aliphatic carbocycles. The largest absolute Gasteiger partial charge is 0.457 e. The van der Waals surface area contributed by atoms with E-state index in [1.54, 1.807) is 0 Å². The van der Waals surface area contributed by atoms with Crippen LogP contribution in [0.2, 0.25) is 0 Å². The fraction of sp³-hybridized carbons (Fsp3) is 0.0164. The highest BCUT2D eigenvalue weighted by Crippen LogP contribution is 2.57. The van der Waals surface area contributed by atoms with Gasteiger partial charge in [0.25, 0.3) is 0 Å². The van der Waals surface area contributed by atoms with Gasteiger partial charge in [0.15, 0.2) is 11.5 Å². The Labute approximate surface area is 373 Å². The molecule has 2 aliphatic rings. The normalized spacial score (nSPS) is 13.0. The van der Waals surface area contributed by atoms with Crippen molar-refractivity contribution >= 4 is 17.1 Å². The third-order valence-electron chi connectivity index (χ3n) is 12.8. The van der Waals surface area contributed by atoms with E-state index in [9.17, 15) is 0 Å². The van der Waals surface area contributed by atoms with E-state index >= 15 is 0 Å². The highest BCUT2D eigenvalue weighted by atomic mass is 16.5. The molecule has 0 amide bonds. The number of nitrogens with zero attached hydrogens (tertiary/aromatic N) is 1. The minimum absolute atomic E-state index is 0.617. The molecule has 3 heteroatoms. The molecule has 0 bridgehead atoms. The standard InChI is InChI=1S/C61H41NO2/c1-4-18-42(19-5-1)49-24-10-12-26-51(49)44-32-38-55-59(40-44)64-60-41-45(52-27-13-11-25-50(52)43-20-6-2-7-21-43)33-39-56(60)62(55)48-36-34-47(35-37-48)61(46-22-8-3-9-23-46)53-28-14-16-30-57(53)63-58-31-17-15-29-54(58)61/h1-41H. The molecule has 64 heavy (non-hydrogen) atoms. The topological polar surface area (TPSA) is 21.7 Å². The van der Waals surface area contributed by atoms with Crippen molar-refractivity contribution in [3.8, 4) is 67.5 Å². The van der Waals surface area contributed by atoms with Crippen molar-refractivity contribution in [1.29, 1.82) is 0 Å². The zero-order valence-electron chi connectivity index (χ0n) is 34.9. The molecule has 0 saturated carbocycles. The van der Waals surface area contributed by atoms with Gasteiger partial charge >= 0.3 is 0 Å².